The molecule has 9 nitrogen and oxygen atoms in total. The third-order valence-electron chi connectivity index (χ3n) is 9.58. The number of hydrogen-bond donors (Lipinski definition) is 1. The molecule has 0 aromatic carbocycles. The molecule has 4 saturated heterocycles. The van der Waals surface area contributed by atoms with E-state index in [1.807, 2.05) is 80.2 Å². The first kappa shape index (κ1) is 40.6. The topological polar surface area (TPSA) is 94.1 Å². The maximum atomic E-state index is 10.5. The highest BCUT2D eigenvalue weighted by Crippen LogP contribution is 2.39. The lowest BCUT2D eigenvalue weighted by Gasteiger charge is -2.47. The second-order valence-corrected chi connectivity index (χ2v) is 17.4. The van der Waals surface area contributed by atoms with Crippen LogP contribution in [0.5, 0.6) is 0 Å². The molecule has 0 aromatic rings. The molecule has 4 rings (SSSR count). The van der Waals surface area contributed by atoms with Gasteiger partial charge < -0.3 is 43.0 Å². The van der Waals surface area contributed by atoms with E-state index in [0.717, 1.165) is 51.4 Å². The molecule has 4 fully saturated rings. The van der Waals surface area contributed by atoms with Crippen LogP contribution in [0.15, 0.2) is 22.3 Å². The molecule has 278 valence electrons. The molecule has 0 saturated carbocycles. The fraction of sp³-hybridized carbons (Fsp3) is 0.895. The summed E-state index contributed by atoms with van der Waals surface area (Å²) in [5.74, 6) is -2.53. The first-order chi connectivity index (χ1) is 22.2. The Morgan fingerprint density at radius 1 is 0.583 bits per heavy atom. The predicted molar refractivity (Wildman–Crippen MR) is 195 cm³/mol. The first-order valence-electron chi connectivity index (χ1n) is 18.3. The summed E-state index contributed by atoms with van der Waals surface area (Å²) in [6, 6.07) is 0. The van der Waals surface area contributed by atoms with Gasteiger partial charge in [-0.25, -0.2) is 0 Å². The number of rotatable bonds is 12. The number of ether oxygens (including phenoxy) is 8. The van der Waals surface area contributed by atoms with Crippen LogP contribution in [0.4, 0.5) is 0 Å². The van der Waals surface area contributed by atoms with Gasteiger partial charge in [0.25, 0.3) is 0 Å². The Labute approximate surface area is 304 Å². The summed E-state index contributed by atoms with van der Waals surface area (Å²) < 4.78 is 53.2. The van der Waals surface area contributed by atoms with E-state index in [2.05, 4.69) is 40.8 Å². The van der Waals surface area contributed by atoms with Crippen molar-refractivity contribution in [1.29, 1.82) is 0 Å². The van der Waals surface area contributed by atoms with Crippen molar-refractivity contribution in [2.24, 2.45) is 11.8 Å². The van der Waals surface area contributed by atoms with Crippen molar-refractivity contribution >= 4 is 22.6 Å². The fourth-order valence-corrected chi connectivity index (χ4v) is 8.33. The second kappa shape index (κ2) is 16.7. The number of aliphatic hydroxyl groups is 1. The van der Waals surface area contributed by atoms with Crippen LogP contribution in [-0.4, -0.2) is 83.2 Å². The van der Waals surface area contributed by atoms with Crippen molar-refractivity contribution in [3.05, 3.63) is 22.3 Å². The molecule has 0 unspecified atom stereocenters. The summed E-state index contributed by atoms with van der Waals surface area (Å²) in [4.78, 5) is 0. The molecule has 0 spiro atoms. The van der Waals surface area contributed by atoms with Crippen molar-refractivity contribution in [3.63, 3.8) is 0 Å². The molecule has 1 N–H and O–H groups in total. The van der Waals surface area contributed by atoms with Crippen LogP contribution >= 0.6 is 22.6 Å². The molecule has 10 heteroatoms. The van der Waals surface area contributed by atoms with Gasteiger partial charge >= 0.3 is 0 Å². The van der Waals surface area contributed by atoms with Gasteiger partial charge in [0.05, 0.1) is 54.9 Å². The van der Waals surface area contributed by atoms with Crippen molar-refractivity contribution in [2.75, 3.05) is 0 Å². The molecule has 0 radical (unpaired) electrons. The highest BCUT2D eigenvalue weighted by Gasteiger charge is 2.44. The lowest BCUT2D eigenvalue weighted by molar-refractivity contribution is -0.338. The van der Waals surface area contributed by atoms with Crippen LogP contribution in [0.25, 0.3) is 0 Å². The zero-order valence-electron chi connectivity index (χ0n) is 31.4. The lowest BCUT2D eigenvalue weighted by atomic mass is 9.91. The summed E-state index contributed by atoms with van der Waals surface area (Å²) in [5, 5.41) is 10.5. The van der Waals surface area contributed by atoms with Gasteiger partial charge in [-0.2, -0.15) is 0 Å². The van der Waals surface area contributed by atoms with Gasteiger partial charge in [0.1, 0.15) is 0 Å². The SMILES string of the molecule is CC(C)[C@H](O)[C@@H](C)/C=C/[C@H]1C[C@@H](C[C@@H]2C[C@@H](C[C@@H]3C[C@@H](C[C@@H]4C[C@H](C/C=C/I)OC(C)(C)O4)OC(C)(C)O3)OC(C)(C)O2)OC(C)(C)O1. The third kappa shape index (κ3) is 12.8. The van der Waals surface area contributed by atoms with Crippen molar-refractivity contribution in [3.8, 4) is 0 Å². The van der Waals surface area contributed by atoms with Gasteiger partial charge in [-0.1, -0.05) is 61.6 Å². The Bertz CT molecular complexity index is 1070. The maximum absolute atomic E-state index is 10.5. The van der Waals surface area contributed by atoms with Gasteiger partial charge in [-0.15, -0.1) is 0 Å². The van der Waals surface area contributed by atoms with E-state index < -0.39 is 23.1 Å². The molecule has 0 bridgehead atoms. The first-order valence-corrected chi connectivity index (χ1v) is 19.5. The highest BCUT2D eigenvalue weighted by atomic mass is 127. The van der Waals surface area contributed by atoms with Crippen molar-refractivity contribution < 1.29 is 43.0 Å². The maximum Gasteiger partial charge on any atom is 0.163 e. The molecule has 4 heterocycles. The van der Waals surface area contributed by atoms with Crippen LogP contribution in [-0.2, 0) is 37.9 Å². The van der Waals surface area contributed by atoms with Gasteiger partial charge in [0.2, 0.25) is 0 Å². The van der Waals surface area contributed by atoms with E-state index in [9.17, 15) is 5.11 Å². The number of aliphatic hydroxyl groups excluding tert-OH is 1. The quantitative estimate of drug-likeness (QED) is 0.155. The van der Waals surface area contributed by atoms with Crippen LogP contribution < -0.4 is 0 Å². The minimum atomic E-state index is -0.723. The summed E-state index contributed by atoms with van der Waals surface area (Å²) in [7, 11) is 0. The van der Waals surface area contributed by atoms with E-state index in [1.165, 1.54) is 0 Å². The average Bonchev–Trinajstić information content (AvgIpc) is 2.90. The fourth-order valence-electron chi connectivity index (χ4n) is 8.04. The molecular weight excluding hydrogens is 727 g/mol. The van der Waals surface area contributed by atoms with E-state index >= 15 is 0 Å². The Morgan fingerprint density at radius 2 is 0.938 bits per heavy atom. The van der Waals surface area contributed by atoms with Gasteiger partial charge in [-0.05, 0) is 71.8 Å². The molecule has 0 aliphatic carbocycles. The summed E-state index contributed by atoms with van der Waals surface area (Å²) in [6.07, 6.45) is 12.2. The molecular formula is C38H65IO9. The molecule has 10 atom stereocenters. The number of hydrogen-bond acceptors (Lipinski definition) is 9. The van der Waals surface area contributed by atoms with E-state index in [-0.39, 0.29) is 66.8 Å². The standard InChI is InChI=1S/C38H65IO9/c1-24(2)34(40)25(3)14-15-27-18-29(44-36(6,7)42-27)20-31-22-33(48-38(10,11)46-31)23-32-21-30(45-37(8,9)47-32)19-28-17-26(13-12-16-39)41-35(4,5)43-28/h12,14-16,24-34,40H,13,17-23H2,1-11H3/b15-14+,16-12+/t25-,26-,27-,28-,29-,30+,31+,32-,33-,34-/m0/s1. The predicted octanol–water partition coefficient (Wildman–Crippen LogP) is 8.35. The summed E-state index contributed by atoms with van der Waals surface area (Å²) >= 11 is 2.26. The van der Waals surface area contributed by atoms with Crippen LogP contribution in [0.2, 0.25) is 0 Å². The molecule has 0 amide bonds. The normalized spacial score (nSPS) is 38.0. The van der Waals surface area contributed by atoms with Gasteiger partial charge in [0, 0.05) is 50.9 Å². The Balaban J connectivity index is 1.36. The van der Waals surface area contributed by atoms with Crippen LogP contribution in [0, 0.1) is 11.8 Å². The largest absolute Gasteiger partial charge is 0.392 e. The monoisotopic (exact) mass is 792 g/mol. The van der Waals surface area contributed by atoms with E-state index in [4.69, 9.17) is 37.9 Å². The zero-order chi connectivity index (χ0) is 35.5. The molecule has 4 aliphatic rings. The Hall–Kier alpha value is -0.150. The minimum Gasteiger partial charge on any atom is -0.392 e. The van der Waals surface area contributed by atoms with Crippen molar-refractivity contribution in [1.82, 2.24) is 0 Å². The molecule has 48 heavy (non-hydrogen) atoms. The third-order valence-corrected chi connectivity index (χ3v) is 10.1. The smallest absolute Gasteiger partial charge is 0.163 e. The molecule has 0 aromatic heterocycles. The van der Waals surface area contributed by atoms with Crippen LogP contribution in [0.1, 0.15) is 128 Å². The Kier molecular flexibility index (Phi) is 14.1. The zero-order valence-corrected chi connectivity index (χ0v) is 33.6. The summed E-state index contributed by atoms with van der Waals surface area (Å²) in [6.45, 7) is 22.1. The van der Waals surface area contributed by atoms with Gasteiger partial charge in [-0.3, -0.25) is 0 Å². The average molecular weight is 793 g/mol. The van der Waals surface area contributed by atoms with Crippen molar-refractivity contribution in [2.45, 2.75) is 206 Å². The minimum absolute atomic E-state index is 0.00860. The second-order valence-electron chi connectivity index (χ2n) is 16.7. The lowest BCUT2D eigenvalue weighted by Crippen LogP contribution is -2.51. The summed E-state index contributed by atoms with van der Waals surface area (Å²) in [5.41, 5.74) is 0. The van der Waals surface area contributed by atoms with E-state index in [0.29, 0.717) is 0 Å². The van der Waals surface area contributed by atoms with Crippen LogP contribution in [0.3, 0.4) is 0 Å². The Morgan fingerprint density at radius 3 is 1.33 bits per heavy atom. The van der Waals surface area contributed by atoms with Gasteiger partial charge in [0.15, 0.2) is 23.1 Å². The number of halogens is 1. The van der Waals surface area contributed by atoms with E-state index in [1.54, 1.807) is 0 Å². The highest BCUT2D eigenvalue weighted by molar-refractivity contribution is 14.1. The molecule has 4 aliphatic heterocycles.